The van der Waals surface area contributed by atoms with Gasteiger partial charge in [-0.1, -0.05) is 0 Å². The number of aliphatic hydroxyl groups excluding tert-OH is 1. The SMILES string of the molecule is CC1CC(NCC(O)CC(=O)O)CCN1C. The van der Waals surface area contributed by atoms with Crippen LogP contribution in [-0.2, 0) is 4.79 Å². The van der Waals surface area contributed by atoms with Crippen LogP contribution in [0.15, 0.2) is 0 Å². The molecule has 3 N–H and O–H groups in total. The van der Waals surface area contributed by atoms with Crippen molar-refractivity contribution in [1.29, 1.82) is 0 Å². The molecule has 0 aromatic rings. The predicted molar refractivity (Wildman–Crippen MR) is 61.4 cm³/mol. The molecule has 1 heterocycles. The van der Waals surface area contributed by atoms with Gasteiger partial charge in [0.1, 0.15) is 0 Å². The number of rotatable bonds is 5. The molecule has 94 valence electrons. The Bertz CT molecular complexity index is 235. The summed E-state index contributed by atoms with van der Waals surface area (Å²) in [5.74, 6) is -0.953. The molecule has 1 aliphatic heterocycles. The van der Waals surface area contributed by atoms with Crippen LogP contribution < -0.4 is 5.32 Å². The Labute approximate surface area is 96.4 Å². The molecule has 1 aliphatic rings. The number of aliphatic carboxylic acids is 1. The van der Waals surface area contributed by atoms with Crippen LogP contribution in [0.4, 0.5) is 0 Å². The summed E-state index contributed by atoms with van der Waals surface area (Å²) < 4.78 is 0. The average Bonchev–Trinajstić information content (AvgIpc) is 2.19. The summed E-state index contributed by atoms with van der Waals surface area (Å²) in [6, 6.07) is 0.942. The first-order valence-electron chi connectivity index (χ1n) is 5.82. The summed E-state index contributed by atoms with van der Waals surface area (Å²) in [5, 5.41) is 21.2. The molecule has 5 heteroatoms. The number of carbonyl (C=O) groups is 1. The monoisotopic (exact) mass is 230 g/mol. The van der Waals surface area contributed by atoms with Crippen molar-refractivity contribution in [3.63, 3.8) is 0 Å². The van der Waals surface area contributed by atoms with Crippen LogP contribution in [0.25, 0.3) is 0 Å². The summed E-state index contributed by atoms with van der Waals surface area (Å²) in [4.78, 5) is 12.7. The third-order valence-corrected chi connectivity index (χ3v) is 3.26. The largest absolute Gasteiger partial charge is 0.481 e. The first-order chi connectivity index (χ1) is 7.49. The summed E-state index contributed by atoms with van der Waals surface area (Å²) >= 11 is 0. The van der Waals surface area contributed by atoms with Crippen molar-refractivity contribution < 1.29 is 15.0 Å². The zero-order valence-electron chi connectivity index (χ0n) is 10.0. The van der Waals surface area contributed by atoms with Gasteiger partial charge < -0.3 is 20.4 Å². The van der Waals surface area contributed by atoms with Crippen molar-refractivity contribution >= 4 is 5.97 Å². The van der Waals surface area contributed by atoms with Gasteiger partial charge >= 0.3 is 5.97 Å². The standard InChI is InChI=1S/C11H22N2O3/c1-8-5-9(3-4-13(8)2)12-7-10(14)6-11(15)16/h8-10,12,14H,3-7H2,1-2H3,(H,15,16). The Morgan fingerprint density at radius 1 is 1.62 bits per heavy atom. The van der Waals surface area contributed by atoms with Crippen LogP contribution in [0.2, 0.25) is 0 Å². The van der Waals surface area contributed by atoms with Crippen LogP contribution in [0.1, 0.15) is 26.2 Å². The lowest BCUT2D eigenvalue weighted by Gasteiger charge is -2.35. The third kappa shape index (κ3) is 4.47. The summed E-state index contributed by atoms with van der Waals surface area (Å²) in [5.41, 5.74) is 0. The van der Waals surface area contributed by atoms with Gasteiger partial charge in [-0.25, -0.2) is 0 Å². The number of hydrogen-bond donors (Lipinski definition) is 3. The zero-order chi connectivity index (χ0) is 12.1. The zero-order valence-corrected chi connectivity index (χ0v) is 10.0. The molecule has 16 heavy (non-hydrogen) atoms. The van der Waals surface area contributed by atoms with Gasteiger partial charge in [-0.15, -0.1) is 0 Å². The fourth-order valence-corrected chi connectivity index (χ4v) is 2.05. The first kappa shape index (κ1) is 13.4. The topological polar surface area (TPSA) is 72.8 Å². The van der Waals surface area contributed by atoms with E-state index in [0.717, 1.165) is 19.4 Å². The van der Waals surface area contributed by atoms with Crippen LogP contribution in [0.3, 0.4) is 0 Å². The maximum atomic E-state index is 10.4. The molecular weight excluding hydrogens is 208 g/mol. The maximum absolute atomic E-state index is 10.4. The number of nitrogens with one attached hydrogen (secondary N) is 1. The van der Waals surface area contributed by atoms with Gasteiger partial charge in [0.15, 0.2) is 0 Å². The minimum absolute atomic E-state index is 0.185. The molecule has 0 amide bonds. The van der Waals surface area contributed by atoms with E-state index in [2.05, 4.69) is 24.2 Å². The Morgan fingerprint density at radius 2 is 2.31 bits per heavy atom. The first-order valence-corrected chi connectivity index (χ1v) is 5.82. The van der Waals surface area contributed by atoms with Gasteiger partial charge in [0.25, 0.3) is 0 Å². The summed E-state index contributed by atoms with van der Waals surface area (Å²) in [6.07, 6.45) is 1.14. The molecule has 0 radical (unpaired) electrons. The van der Waals surface area contributed by atoms with E-state index in [-0.39, 0.29) is 6.42 Å². The minimum Gasteiger partial charge on any atom is -0.481 e. The molecule has 0 aliphatic carbocycles. The van der Waals surface area contributed by atoms with Crippen molar-refractivity contribution in [2.24, 2.45) is 0 Å². The molecule has 1 saturated heterocycles. The van der Waals surface area contributed by atoms with E-state index in [0.29, 0.717) is 18.6 Å². The molecular formula is C11H22N2O3. The van der Waals surface area contributed by atoms with Gasteiger partial charge in [0.05, 0.1) is 12.5 Å². The molecule has 1 fully saturated rings. The van der Waals surface area contributed by atoms with Gasteiger partial charge in [-0.3, -0.25) is 4.79 Å². The molecule has 5 nitrogen and oxygen atoms in total. The molecule has 3 unspecified atom stereocenters. The van der Waals surface area contributed by atoms with Crippen molar-refractivity contribution in [3.8, 4) is 0 Å². The lowest BCUT2D eigenvalue weighted by atomic mass is 9.99. The lowest BCUT2D eigenvalue weighted by molar-refractivity contribution is -0.139. The molecule has 1 rings (SSSR count). The normalized spacial score (nSPS) is 28.9. The fourth-order valence-electron chi connectivity index (χ4n) is 2.05. The highest BCUT2D eigenvalue weighted by Crippen LogP contribution is 2.15. The van der Waals surface area contributed by atoms with Crippen LogP contribution >= 0.6 is 0 Å². The van der Waals surface area contributed by atoms with E-state index in [9.17, 15) is 9.90 Å². The van der Waals surface area contributed by atoms with Crippen LogP contribution in [0.5, 0.6) is 0 Å². The van der Waals surface area contributed by atoms with Gasteiger partial charge in [-0.2, -0.15) is 0 Å². The quantitative estimate of drug-likeness (QED) is 0.615. The molecule has 0 bridgehead atoms. The van der Waals surface area contributed by atoms with E-state index in [1.807, 2.05) is 0 Å². The van der Waals surface area contributed by atoms with E-state index in [1.165, 1.54) is 0 Å². The second kappa shape index (κ2) is 6.18. The molecule has 0 aromatic carbocycles. The van der Waals surface area contributed by atoms with Crippen molar-refractivity contribution in [2.75, 3.05) is 20.1 Å². The molecule has 3 atom stereocenters. The molecule has 0 saturated carbocycles. The lowest BCUT2D eigenvalue weighted by Crippen LogP contribution is -2.47. The smallest absolute Gasteiger partial charge is 0.306 e. The number of hydrogen-bond acceptors (Lipinski definition) is 4. The van der Waals surface area contributed by atoms with E-state index >= 15 is 0 Å². The van der Waals surface area contributed by atoms with Crippen molar-refractivity contribution in [2.45, 2.75) is 44.4 Å². The Hall–Kier alpha value is -0.650. The van der Waals surface area contributed by atoms with Crippen molar-refractivity contribution in [1.82, 2.24) is 10.2 Å². The number of aliphatic hydroxyl groups is 1. The number of piperidine rings is 1. The number of carboxylic acids is 1. The Balaban J connectivity index is 2.20. The second-order valence-electron chi connectivity index (χ2n) is 4.71. The number of nitrogens with zero attached hydrogens (tertiary/aromatic N) is 1. The molecule has 0 aromatic heterocycles. The predicted octanol–water partition coefficient (Wildman–Crippen LogP) is -0.106. The Kier molecular flexibility index (Phi) is 5.18. The van der Waals surface area contributed by atoms with E-state index < -0.39 is 12.1 Å². The highest BCUT2D eigenvalue weighted by Gasteiger charge is 2.22. The van der Waals surface area contributed by atoms with Gasteiger partial charge in [0.2, 0.25) is 0 Å². The number of likely N-dealkylation sites (tertiary alicyclic amines) is 1. The van der Waals surface area contributed by atoms with Gasteiger partial charge in [0, 0.05) is 18.6 Å². The average molecular weight is 230 g/mol. The van der Waals surface area contributed by atoms with Crippen LogP contribution in [0, 0.1) is 0 Å². The van der Waals surface area contributed by atoms with Gasteiger partial charge in [-0.05, 0) is 33.4 Å². The third-order valence-electron chi connectivity index (χ3n) is 3.26. The molecule has 0 spiro atoms. The van der Waals surface area contributed by atoms with Crippen LogP contribution in [-0.4, -0.2) is 59.4 Å². The highest BCUT2D eigenvalue weighted by molar-refractivity contribution is 5.67. The number of carboxylic acid groups (broad SMARTS) is 1. The summed E-state index contributed by atoms with van der Waals surface area (Å²) in [7, 11) is 2.11. The highest BCUT2D eigenvalue weighted by atomic mass is 16.4. The fraction of sp³-hybridized carbons (Fsp3) is 0.909. The summed E-state index contributed by atoms with van der Waals surface area (Å²) in [6.45, 7) is 3.60. The minimum atomic E-state index is -0.953. The van der Waals surface area contributed by atoms with E-state index in [4.69, 9.17) is 5.11 Å². The van der Waals surface area contributed by atoms with E-state index in [1.54, 1.807) is 0 Å². The second-order valence-corrected chi connectivity index (χ2v) is 4.71. The Morgan fingerprint density at radius 3 is 2.88 bits per heavy atom. The van der Waals surface area contributed by atoms with Crippen molar-refractivity contribution in [3.05, 3.63) is 0 Å². The maximum Gasteiger partial charge on any atom is 0.306 e.